The predicted octanol–water partition coefficient (Wildman–Crippen LogP) is 2.13. The lowest BCUT2D eigenvalue weighted by atomic mass is 10.2. The molecule has 1 aliphatic heterocycles. The molecule has 1 aliphatic rings. The predicted molar refractivity (Wildman–Crippen MR) is 104 cm³/mol. The molecule has 1 heterocycles. The summed E-state index contributed by atoms with van der Waals surface area (Å²) in [7, 11) is 1.14. The molecule has 5 nitrogen and oxygen atoms in total. The van der Waals surface area contributed by atoms with Crippen molar-refractivity contribution >= 4 is 32.9 Å². The minimum atomic E-state index is -2.93. The first-order chi connectivity index (χ1) is 11.3. The van der Waals surface area contributed by atoms with Crippen molar-refractivity contribution in [3.63, 3.8) is 0 Å². The van der Waals surface area contributed by atoms with Crippen LogP contribution in [0.5, 0.6) is 0 Å². The van der Waals surface area contributed by atoms with Crippen molar-refractivity contribution in [3.8, 4) is 0 Å². The van der Waals surface area contributed by atoms with Crippen LogP contribution in [0.15, 0.2) is 24.3 Å². The molecule has 1 saturated heterocycles. The summed E-state index contributed by atoms with van der Waals surface area (Å²) >= 11 is 5.60. The van der Waals surface area contributed by atoms with Crippen LogP contribution in [-0.4, -0.2) is 68.1 Å². The van der Waals surface area contributed by atoms with Gasteiger partial charge in [-0.1, -0.05) is 12.1 Å². The maximum Gasteiger partial charge on any atom is 0.173 e. The van der Waals surface area contributed by atoms with Gasteiger partial charge in [0.05, 0.1) is 11.5 Å². The summed E-state index contributed by atoms with van der Waals surface area (Å²) in [6.45, 7) is 3.74. The molecule has 0 radical (unpaired) electrons. The normalized spacial score (nSPS) is 19.4. The highest BCUT2D eigenvalue weighted by Crippen LogP contribution is 2.20. The Balaban J connectivity index is 2.07. The fourth-order valence-corrected chi connectivity index (χ4v) is 5.04. The van der Waals surface area contributed by atoms with Gasteiger partial charge in [0.2, 0.25) is 0 Å². The van der Waals surface area contributed by atoms with E-state index >= 15 is 0 Å². The van der Waals surface area contributed by atoms with Crippen molar-refractivity contribution in [2.24, 2.45) is 0 Å². The maximum absolute atomic E-state index is 11.9. The quantitative estimate of drug-likeness (QED) is 0.776. The van der Waals surface area contributed by atoms with E-state index in [2.05, 4.69) is 15.1 Å². The molecular formula is C17H27N3O2S2. The molecule has 0 spiro atoms. The molecule has 0 aliphatic carbocycles. The molecule has 0 saturated carbocycles. The molecule has 1 fully saturated rings. The maximum atomic E-state index is 11.9. The molecule has 134 valence electrons. The molecule has 0 amide bonds. The molecule has 2 rings (SSSR count). The first-order valence-electron chi connectivity index (χ1n) is 8.26. The Bertz CT molecular complexity index is 674. The summed E-state index contributed by atoms with van der Waals surface area (Å²) in [5, 5.41) is 3.89. The van der Waals surface area contributed by atoms with E-state index in [1.54, 1.807) is 0 Å². The Kier molecular flexibility index (Phi) is 6.60. The monoisotopic (exact) mass is 369 g/mol. The molecule has 0 bridgehead atoms. The summed E-state index contributed by atoms with van der Waals surface area (Å²) in [4.78, 5) is 4.19. The number of benzene rings is 1. The van der Waals surface area contributed by atoms with Gasteiger partial charge in [0.15, 0.2) is 14.9 Å². The smallest absolute Gasteiger partial charge is 0.173 e. The minimum absolute atomic E-state index is 0.0260. The van der Waals surface area contributed by atoms with Gasteiger partial charge in [-0.2, -0.15) is 0 Å². The van der Waals surface area contributed by atoms with Crippen LogP contribution >= 0.6 is 12.2 Å². The van der Waals surface area contributed by atoms with Gasteiger partial charge in [-0.05, 0) is 70.3 Å². The Morgan fingerprint density at radius 2 is 2.08 bits per heavy atom. The number of hydrogen-bond acceptors (Lipinski definition) is 4. The van der Waals surface area contributed by atoms with Gasteiger partial charge >= 0.3 is 0 Å². The van der Waals surface area contributed by atoms with Crippen LogP contribution in [0, 0.1) is 6.92 Å². The third kappa shape index (κ3) is 5.72. The van der Waals surface area contributed by atoms with Gasteiger partial charge < -0.3 is 15.1 Å². The lowest BCUT2D eigenvalue weighted by molar-refractivity contribution is 0.306. The molecule has 1 aromatic carbocycles. The standard InChI is InChI=1S/C17H27N3O2S2/c1-14-6-4-7-15(12-14)18-17(23)20(10-5-9-19(2)3)16-8-11-24(21,22)13-16/h4,6-7,12,16H,5,8-11,13H2,1-3H3,(H,18,23)/t16-/m1/s1. The van der Waals surface area contributed by atoms with Gasteiger partial charge in [0, 0.05) is 18.3 Å². The summed E-state index contributed by atoms with van der Waals surface area (Å²) in [5.41, 5.74) is 2.10. The number of thiocarbonyl (C=S) groups is 1. The number of sulfone groups is 1. The van der Waals surface area contributed by atoms with Crippen molar-refractivity contribution < 1.29 is 8.42 Å². The molecule has 1 aromatic rings. The lowest BCUT2D eigenvalue weighted by Gasteiger charge is -2.31. The second kappa shape index (κ2) is 8.27. The van der Waals surface area contributed by atoms with Crippen LogP contribution in [0.3, 0.4) is 0 Å². The third-order valence-electron chi connectivity index (χ3n) is 4.18. The highest BCUT2D eigenvalue weighted by atomic mass is 32.2. The number of nitrogens with one attached hydrogen (secondary N) is 1. The van der Waals surface area contributed by atoms with Gasteiger partial charge in [0.25, 0.3) is 0 Å². The lowest BCUT2D eigenvalue weighted by Crippen LogP contribution is -2.44. The van der Waals surface area contributed by atoms with E-state index in [1.807, 2.05) is 45.3 Å². The Morgan fingerprint density at radius 1 is 1.33 bits per heavy atom. The molecule has 0 aromatic heterocycles. The van der Waals surface area contributed by atoms with Gasteiger partial charge in [-0.3, -0.25) is 0 Å². The highest BCUT2D eigenvalue weighted by molar-refractivity contribution is 7.91. The van der Waals surface area contributed by atoms with Crippen LogP contribution in [0.1, 0.15) is 18.4 Å². The van der Waals surface area contributed by atoms with Gasteiger partial charge in [-0.15, -0.1) is 0 Å². The minimum Gasteiger partial charge on any atom is -0.345 e. The third-order valence-corrected chi connectivity index (χ3v) is 6.27. The summed E-state index contributed by atoms with van der Waals surface area (Å²) < 4.78 is 23.7. The molecular weight excluding hydrogens is 342 g/mol. The molecule has 1 N–H and O–H groups in total. The second-order valence-electron chi connectivity index (χ2n) is 6.71. The fourth-order valence-electron chi connectivity index (χ4n) is 2.95. The van der Waals surface area contributed by atoms with Crippen molar-refractivity contribution in [1.82, 2.24) is 9.80 Å². The van der Waals surface area contributed by atoms with E-state index < -0.39 is 9.84 Å². The topological polar surface area (TPSA) is 52.6 Å². The van der Waals surface area contributed by atoms with Crippen LogP contribution in [0.25, 0.3) is 0 Å². The number of anilines is 1. The number of rotatable bonds is 6. The first-order valence-corrected chi connectivity index (χ1v) is 10.5. The van der Waals surface area contributed by atoms with Gasteiger partial charge in [0.1, 0.15) is 0 Å². The Morgan fingerprint density at radius 3 is 2.67 bits per heavy atom. The van der Waals surface area contributed by atoms with Gasteiger partial charge in [-0.25, -0.2) is 8.42 Å². The first kappa shape index (κ1) is 19.1. The fraction of sp³-hybridized carbons (Fsp3) is 0.588. The van der Waals surface area contributed by atoms with Crippen LogP contribution in [-0.2, 0) is 9.84 Å². The van der Waals surface area contributed by atoms with E-state index in [-0.39, 0.29) is 17.5 Å². The Labute approximate surface area is 150 Å². The summed E-state index contributed by atoms with van der Waals surface area (Å²) in [6.07, 6.45) is 1.60. The summed E-state index contributed by atoms with van der Waals surface area (Å²) in [5.74, 6) is 0.458. The van der Waals surface area contributed by atoms with Crippen molar-refractivity contribution in [1.29, 1.82) is 0 Å². The Hall–Kier alpha value is -1.18. The van der Waals surface area contributed by atoms with Crippen molar-refractivity contribution in [2.75, 3.05) is 44.0 Å². The van der Waals surface area contributed by atoms with E-state index in [0.29, 0.717) is 11.5 Å². The number of nitrogens with zero attached hydrogens (tertiary/aromatic N) is 2. The number of hydrogen-bond donors (Lipinski definition) is 1. The molecule has 1 atom stereocenters. The van der Waals surface area contributed by atoms with Crippen molar-refractivity contribution in [3.05, 3.63) is 29.8 Å². The molecule has 24 heavy (non-hydrogen) atoms. The van der Waals surface area contributed by atoms with Crippen molar-refractivity contribution in [2.45, 2.75) is 25.8 Å². The zero-order chi connectivity index (χ0) is 17.7. The molecule has 7 heteroatoms. The van der Waals surface area contributed by atoms with Crippen LogP contribution in [0.2, 0.25) is 0 Å². The SMILES string of the molecule is Cc1cccc(NC(=S)N(CCCN(C)C)[C@@H]2CCS(=O)(=O)C2)c1. The van der Waals surface area contributed by atoms with E-state index in [9.17, 15) is 8.42 Å². The summed E-state index contributed by atoms with van der Waals surface area (Å²) in [6, 6.07) is 8.00. The van der Waals surface area contributed by atoms with E-state index in [4.69, 9.17) is 12.2 Å². The zero-order valence-corrected chi connectivity index (χ0v) is 16.3. The van der Waals surface area contributed by atoms with E-state index in [1.165, 1.54) is 0 Å². The average molecular weight is 370 g/mol. The average Bonchev–Trinajstić information content (AvgIpc) is 2.83. The number of aryl methyl sites for hydroxylation is 1. The highest BCUT2D eigenvalue weighted by Gasteiger charge is 2.33. The zero-order valence-electron chi connectivity index (χ0n) is 14.7. The van der Waals surface area contributed by atoms with E-state index in [0.717, 1.165) is 30.8 Å². The second-order valence-corrected chi connectivity index (χ2v) is 9.32. The van der Waals surface area contributed by atoms with Crippen LogP contribution in [0.4, 0.5) is 5.69 Å². The van der Waals surface area contributed by atoms with Crippen LogP contribution < -0.4 is 5.32 Å². The largest absolute Gasteiger partial charge is 0.345 e. The molecule has 0 unspecified atom stereocenters.